The van der Waals surface area contributed by atoms with Crippen LogP contribution in [0, 0.1) is 11.8 Å². The third-order valence-electron chi connectivity index (χ3n) is 6.14. The second-order valence-corrected chi connectivity index (χ2v) is 8.45. The van der Waals surface area contributed by atoms with Gasteiger partial charge in [0.2, 0.25) is 5.91 Å². The van der Waals surface area contributed by atoms with E-state index in [2.05, 4.69) is 25.4 Å². The van der Waals surface area contributed by atoms with E-state index >= 15 is 0 Å². The van der Waals surface area contributed by atoms with Crippen LogP contribution < -0.4 is 10.6 Å². The summed E-state index contributed by atoms with van der Waals surface area (Å²) >= 11 is 0. The maximum absolute atomic E-state index is 12.5. The van der Waals surface area contributed by atoms with E-state index in [9.17, 15) is 4.79 Å². The number of hydrogen-bond acceptors (Lipinski definition) is 4. The molecule has 1 aliphatic heterocycles. The molecule has 7 nitrogen and oxygen atoms in total. The zero-order valence-corrected chi connectivity index (χ0v) is 20.4. The summed E-state index contributed by atoms with van der Waals surface area (Å²) in [5.74, 6) is 2.41. The van der Waals surface area contributed by atoms with Crippen LogP contribution in [0.5, 0.6) is 0 Å². The molecule has 168 valence electrons. The van der Waals surface area contributed by atoms with Gasteiger partial charge in [-0.1, -0.05) is 12.8 Å². The lowest BCUT2D eigenvalue weighted by Crippen LogP contribution is -2.51. The minimum atomic E-state index is 0. The fourth-order valence-corrected chi connectivity index (χ4v) is 4.09. The largest absolute Gasteiger partial charge is 0.381 e. The van der Waals surface area contributed by atoms with E-state index in [1.54, 1.807) is 0 Å². The summed E-state index contributed by atoms with van der Waals surface area (Å²) in [5, 5.41) is 6.74. The number of hydrogen-bond donors (Lipinski definition) is 2. The number of piperazine rings is 1. The van der Waals surface area contributed by atoms with Crippen molar-refractivity contribution in [2.45, 2.75) is 44.9 Å². The predicted octanol–water partition coefficient (Wildman–Crippen LogP) is 1.92. The van der Waals surface area contributed by atoms with Gasteiger partial charge in [0.05, 0.1) is 0 Å². The summed E-state index contributed by atoms with van der Waals surface area (Å²) in [6, 6.07) is 0. The maximum Gasteiger partial charge on any atom is 0.225 e. The van der Waals surface area contributed by atoms with Crippen LogP contribution in [0.15, 0.2) is 4.99 Å². The fraction of sp³-hybridized carbons (Fsp3) is 0.905. The molecule has 2 N–H and O–H groups in total. The summed E-state index contributed by atoms with van der Waals surface area (Å²) in [7, 11) is 1.81. The highest BCUT2D eigenvalue weighted by Crippen LogP contribution is 2.28. The standard InChI is InChI=1S/C21H39N5O2.HI/c1-22-21(23-9-4-16-28-17-18-7-8-18)24-10-11-25-12-14-26(15-13-25)20(27)19-5-2-3-6-19;/h18-19H,2-17H2,1H3,(H2,22,23,24);1H. The molecule has 0 aromatic heterocycles. The molecule has 8 heteroatoms. The number of nitrogens with one attached hydrogen (secondary N) is 2. The van der Waals surface area contributed by atoms with Crippen LogP contribution >= 0.6 is 24.0 Å². The zero-order chi connectivity index (χ0) is 19.6. The maximum atomic E-state index is 12.5. The smallest absolute Gasteiger partial charge is 0.225 e. The van der Waals surface area contributed by atoms with Gasteiger partial charge in [0.25, 0.3) is 0 Å². The molecule has 29 heavy (non-hydrogen) atoms. The molecule has 0 aromatic rings. The van der Waals surface area contributed by atoms with Crippen LogP contribution in [0.25, 0.3) is 0 Å². The van der Waals surface area contributed by atoms with E-state index in [-0.39, 0.29) is 24.0 Å². The van der Waals surface area contributed by atoms with Crippen molar-refractivity contribution in [3.05, 3.63) is 0 Å². The van der Waals surface area contributed by atoms with Gasteiger partial charge in [-0.15, -0.1) is 24.0 Å². The fourth-order valence-electron chi connectivity index (χ4n) is 4.09. The monoisotopic (exact) mass is 521 g/mol. The number of nitrogens with zero attached hydrogens (tertiary/aromatic N) is 3. The summed E-state index contributed by atoms with van der Waals surface area (Å²) in [5.41, 5.74) is 0. The van der Waals surface area contributed by atoms with E-state index in [0.717, 1.165) is 90.2 Å². The summed E-state index contributed by atoms with van der Waals surface area (Å²) in [4.78, 5) is 21.3. The van der Waals surface area contributed by atoms with Gasteiger partial charge in [-0.25, -0.2) is 0 Å². The number of guanidine groups is 1. The highest BCUT2D eigenvalue weighted by Gasteiger charge is 2.29. The highest BCUT2D eigenvalue weighted by atomic mass is 127. The first-order valence-electron chi connectivity index (χ1n) is 11.3. The first-order chi connectivity index (χ1) is 13.8. The lowest BCUT2D eigenvalue weighted by molar-refractivity contribution is -0.137. The molecule has 0 unspecified atom stereocenters. The van der Waals surface area contributed by atoms with Gasteiger partial charge in [-0.05, 0) is 38.0 Å². The van der Waals surface area contributed by atoms with Gasteiger partial charge in [-0.2, -0.15) is 0 Å². The summed E-state index contributed by atoms with van der Waals surface area (Å²) in [6.45, 7) is 8.20. The molecule has 0 atom stereocenters. The van der Waals surface area contributed by atoms with Gasteiger partial charge in [0.1, 0.15) is 0 Å². The van der Waals surface area contributed by atoms with Gasteiger partial charge in [0, 0.05) is 72.0 Å². The van der Waals surface area contributed by atoms with Gasteiger partial charge >= 0.3 is 0 Å². The Morgan fingerprint density at radius 1 is 1.03 bits per heavy atom. The third kappa shape index (κ3) is 8.96. The SMILES string of the molecule is CN=C(NCCCOCC1CC1)NCCN1CCN(C(=O)C2CCCC2)CC1.I. The number of carbonyl (C=O) groups excluding carboxylic acids is 1. The van der Waals surface area contributed by atoms with E-state index in [0.29, 0.717) is 11.8 Å². The first kappa shape index (κ1) is 24.7. The van der Waals surface area contributed by atoms with E-state index in [1.165, 1.54) is 25.7 Å². The summed E-state index contributed by atoms with van der Waals surface area (Å²) in [6.07, 6.45) is 8.35. The van der Waals surface area contributed by atoms with Crippen molar-refractivity contribution < 1.29 is 9.53 Å². The Hall–Kier alpha value is -0.610. The molecule has 1 amide bonds. The first-order valence-corrected chi connectivity index (χ1v) is 11.3. The normalized spacial score (nSPS) is 21.1. The van der Waals surface area contributed by atoms with Crippen molar-refractivity contribution in [1.29, 1.82) is 0 Å². The highest BCUT2D eigenvalue weighted by molar-refractivity contribution is 14.0. The molecule has 3 aliphatic rings. The average Bonchev–Trinajstić information content (AvgIpc) is 3.39. The minimum absolute atomic E-state index is 0. The van der Waals surface area contributed by atoms with Crippen molar-refractivity contribution in [2.75, 3.05) is 66.1 Å². The lowest BCUT2D eigenvalue weighted by Gasteiger charge is -2.36. The average molecular weight is 521 g/mol. The molecule has 2 aliphatic carbocycles. The molecule has 1 heterocycles. The molecule has 1 saturated heterocycles. The topological polar surface area (TPSA) is 69.2 Å². The molecular formula is C21H40IN5O2. The van der Waals surface area contributed by atoms with Crippen molar-refractivity contribution in [3.8, 4) is 0 Å². The Balaban J connectivity index is 0.00000300. The number of ether oxygens (including phenoxy) is 1. The molecular weight excluding hydrogens is 481 g/mol. The number of carbonyl (C=O) groups is 1. The lowest BCUT2D eigenvalue weighted by atomic mass is 10.1. The van der Waals surface area contributed by atoms with E-state index in [4.69, 9.17) is 4.74 Å². The Morgan fingerprint density at radius 3 is 2.38 bits per heavy atom. The number of aliphatic imine (C=N–C) groups is 1. The van der Waals surface area contributed by atoms with Crippen LogP contribution in [0.3, 0.4) is 0 Å². The van der Waals surface area contributed by atoms with Crippen LogP contribution in [0.1, 0.15) is 44.9 Å². The van der Waals surface area contributed by atoms with Gasteiger partial charge in [-0.3, -0.25) is 14.7 Å². The Labute approximate surface area is 193 Å². The third-order valence-corrected chi connectivity index (χ3v) is 6.14. The van der Waals surface area contributed by atoms with Crippen LogP contribution in [0.2, 0.25) is 0 Å². The molecule has 0 aromatic carbocycles. The zero-order valence-electron chi connectivity index (χ0n) is 18.0. The van der Waals surface area contributed by atoms with Crippen molar-refractivity contribution >= 4 is 35.8 Å². The Kier molecular flexibility index (Phi) is 11.6. The van der Waals surface area contributed by atoms with Gasteiger partial charge in [0.15, 0.2) is 5.96 Å². The predicted molar refractivity (Wildman–Crippen MR) is 128 cm³/mol. The van der Waals surface area contributed by atoms with Crippen LogP contribution in [-0.2, 0) is 9.53 Å². The Bertz CT molecular complexity index is 501. The molecule has 2 saturated carbocycles. The second-order valence-electron chi connectivity index (χ2n) is 8.45. The minimum Gasteiger partial charge on any atom is -0.381 e. The van der Waals surface area contributed by atoms with Crippen molar-refractivity contribution in [2.24, 2.45) is 16.8 Å². The second kappa shape index (κ2) is 13.6. The molecule has 3 fully saturated rings. The summed E-state index contributed by atoms with van der Waals surface area (Å²) < 4.78 is 5.66. The van der Waals surface area contributed by atoms with E-state index < -0.39 is 0 Å². The molecule has 0 spiro atoms. The molecule has 0 radical (unpaired) electrons. The van der Waals surface area contributed by atoms with Crippen molar-refractivity contribution in [3.63, 3.8) is 0 Å². The molecule has 3 rings (SSSR count). The molecule has 0 bridgehead atoms. The van der Waals surface area contributed by atoms with E-state index in [1.807, 2.05) is 7.05 Å². The van der Waals surface area contributed by atoms with Crippen molar-refractivity contribution in [1.82, 2.24) is 20.4 Å². The van der Waals surface area contributed by atoms with Crippen LogP contribution in [-0.4, -0.2) is 87.7 Å². The number of halogens is 1. The number of amides is 1. The van der Waals surface area contributed by atoms with Crippen LogP contribution in [0.4, 0.5) is 0 Å². The quantitative estimate of drug-likeness (QED) is 0.199. The number of rotatable bonds is 10. The Morgan fingerprint density at radius 2 is 1.72 bits per heavy atom. The van der Waals surface area contributed by atoms with Gasteiger partial charge < -0.3 is 20.3 Å².